The minimum atomic E-state index is -4.89. The Morgan fingerprint density at radius 3 is 1.46 bits per heavy atom. The molecule has 0 aromatic heterocycles. The zero-order valence-electron chi connectivity index (χ0n) is 19.8. The van der Waals surface area contributed by atoms with Crippen molar-refractivity contribution in [3.63, 3.8) is 0 Å². The predicted molar refractivity (Wildman–Crippen MR) is 144 cm³/mol. The topological polar surface area (TPSA) is 233 Å². The van der Waals surface area contributed by atoms with E-state index in [0.29, 0.717) is 6.07 Å². The van der Waals surface area contributed by atoms with Crippen LogP contribution in [0.1, 0.15) is 11.1 Å². The van der Waals surface area contributed by atoms with E-state index in [2.05, 4.69) is 12.1 Å². The van der Waals surface area contributed by atoms with Gasteiger partial charge in [-0.3, -0.25) is 9.11 Å². The van der Waals surface area contributed by atoms with Gasteiger partial charge in [0.15, 0.2) is 0 Å². The Morgan fingerprint density at radius 1 is 0.622 bits per heavy atom. The zero-order chi connectivity index (χ0) is 27.9. The lowest BCUT2D eigenvalue weighted by atomic mass is 10.0. The summed E-state index contributed by atoms with van der Waals surface area (Å²) in [5, 5.41) is 9.22. The molecule has 0 saturated carbocycles. The highest BCUT2D eigenvalue weighted by molar-refractivity contribution is 7.87. The smallest absolute Gasteiger partial charge is 0.296 e. The predicted octanol–water partition coefficient (Wildman–Crippen LogP) is 3.34. The molecule has 0 aliphatic carbocycles. The van der Waals surface area contributed by atoms with Crippen molar-refractivity contribution in [2.45, 2.75) is 23.6 Å². The first-order valence-electron chi connectivity index (χ1n) is 10.5. The molecule has 37 heavy (non-hydrogen) atoms. The molecule has 0 heterocycles. The number of benzene rings is 4. The normalized spacial score (nSPS) is 11.7. The molecule has 0 bridgehead atoms. The van der Waals surface area contributed by atoms with E-state index < -0.39 is 46.9 Å². The molecule has 0 aliphatic heterocycles. The molecule has 0 spiro atoms. The van der Waals surface area contributed by atoms with Crippen LogP contribution in [-0.2, 0) is 20.2 Å². The van der Waals surface area contributed by atoms with Crippen LogP contribution in [0.5, 0.6) is 5.75 Å². The minimum absolute atomic E-state index is 0.192. The van der Waals surface area contributed by atoms with Gasteiger partial charge in [-0.1, -0.05) is 18.2 Å². The van der Waals surface area contributed by atoms with Crippen LogP contribution in [0.15, 0.2) is 64.4 Å². The molecular formula is C24H26N4O7S2. The molecule has 0 fully saturated rings. The summed E-state index contributed by atoms with van der Waals surface area (Å²) in [6.45, 7) is 4.03. The summed E-state index contributed by atoms with van der Waals surface area (Å²) in [6, 6.07) is 14.9. The van der Waals surface area contributed by atoms with E-state index in [0.717, 1.165) is 34.6 Å². The van der Waals surface area contributed by atoms with E-state index in [4.69, 9.17) is 27.5 Å². The molecule has 0 atom stereocenters. The lowest BCUT2D eigenvalue weighted by molar-refractivity contribution is 0.481. The van der Waals surface area contributed by atoms with Crippen LogP contribution in [0.2, 0.25) is 0 Å². The third-order valence-electron chi connectivity index (χ3n) is 5.70. The standard InChI is InChI=1S/C14H16N2.C10H10N2O7S2/c1-9-7-11(3-5-13(9)15)12-4-6-14(16)10(2)8-12;11-5-2-1-4-6(20(14,15)16)3-7(21(17,18)19)9(12)8(4)10(5)13/h3-8H,15-16H2,1-2H3;1-3,13H,11-12H2,(H,14,15,16)(H,17,18,19). The van der Waals surface area contributed by atoms with Gasteiger partial charge in [0.1, 0.15) is 15.5 Å². The molecule has 11 N–H and O–H groups in total. The average Bonchev–Trinajstić information content (AvgIpc) is 2.79. The van der Waals surface area contributed by atoms with E-state index >= 15 is 0 Å². The van der Waals surface area contributed by atoms with Crippen LogP contribution in [0.4, 0.5) is 22.7 Å². The van der Waals surface area contributed by atoms with Gasteiger partial charge in [-0.25, -0.2) is 0 Å². The molecule has 4 rings (SSSR count). The van der Waals surface area contributed by atoms with Crippen LogP contribution >= 0.6 is 0 Å². The van der Waals surface area contributed by atoms with Gasteiger partial charge < -0.3 is 28.0 Å². The van der Waals surface area contributed by atoms with Gasteiger partial charge in [0.25, 0.3) is 20.2 Å². The van der Waals surface area contributed by atoms with Crippen LogP contribution in [0.25, 0.3) is 21.9 Å². The maximum absolute atomic E-state index is 11.4. The van der Waals surface area contributed by atoms with Crippen molar-refractivity contribution in [1.82, 2.24) is 0 Å². The first kappa shape index (κ1) is 27.5. The number of aryl methyl sites for hydroxylation is 2. The van der Waals surface area contributed by atoms with Crippen LogP contribution in [0, 0.1) is 13.8 Å². The van der Waals surface area contributed by atoms with Crippen molar-refractivity contribution >= 4 is 53.8 Å². The summed E-state index contributed by atoms with van der Waals surface area (Å²) in [6.07, 6.45) is 0. The first-order chi connectivity index (χ1) is 17.0. The number of fused-ring (bicyclic) bond motifs is 1. The van der Waals surface area contributed by atoms with Gasteiger partial charge in [0.2, 0.25) is 0 Å². The fraction of sp³-hybridized carbons (Fsp3) is 0.0833. The van der Waals surface area contributed by atoms with Crippen molar-refractivity contribution in [3.8, 4) is 16.9 Å². The highest BCUT2D eigenvalue weighted by Gasteiger charge is 2.26. The number of hydrogen-bond acceptors (Lipinski definition) is 9. The quantitative estimate of drug-likeness (QED) is 0.112. The number of nitrogen functional groups attached to an aromatic ring is 4. The fourth-order valence-electron chi connectivity index (χ4n) is 3.62. The van der Waals surface area contributed by atoms with Gasteiger partial charge in [0, 0.05) is 16.8 Å². The molecule has 4 aromatic carbocycles. The van der Waals surface area contributed by atoms with Gasteiger partial charge in [-0.2, -0.15) is 16.8 Å². The summed E-state index contributed by atoms with van der Waals surface area (Å²) in [5.41, 5.74) is 28.0. The van der Waals surface area contributed by atoms with Crippen LogP contribution < -0.4 is 22.9 Å². The molecular weight excluding hydrogens is 520 g/mol. The molecule has 0 unspecified atom stereocenters. The highest BCUT2D eigenvalue weighted by Crippen LogP contribution is 2.41. The second kappa shape index (κ2) is 9.78. The third-order valence-corrected chi connectivity index (χ3v) is 7.49. The summed E-state index contributed by atoms with van der Waals surface area (Å²) < 4.78 is 63.5. The second-order valence-corrected chi connectivity index (χ2v) is 11.1. The van der Waals surface area contributed by atoms with Crippen LogP contribution in [-0.4, -0.2) is 31.0 Å². The SMILES string of the molecule is Cc1cc(-c2ccc(N)c(C)c2)ccc1N.Nc1ccc2c(S(=O)(=O)O)cc(S(=O)(=O)O)c(N)c2c1O. The maximum Gasteiger partial charge on any atom is 0.296 e. The number of nitrogens with two attached hydrogens (primary N) is 4. The summed E-state index contributed by atoms with van der Waals surface area (Å²) >= 11 is 0. The average molecular weight is 547 g/mol. The summed E-state index contributed by atoms with van der Waals surface area (Å²) in [7, 11) is -9.73. The Labute approximate surface area is 213 Å². The minimum Gasteiger partial charge on any atom is -0.505 e. The molecule has 0 radical (unpaired) electrons. The lowest BCUT2D eigenvalue weighted by Gasteiger charge is -2.13. The van der Waals surface area contributed by atoms with Gasteiger partial charge >= 0.3 is 0 Å². The molecule has 0 saturated heterocycles. The van der Waals surface area contributed by atoms with Gasteiger partial charge in [-0.05, 0) is 72.5 Å². The van der Waals surface area contributed by atoms with Crippen molar-refractivity contribution in [3.05, 3.63) is 65.7 Å². The number of rotatable bonds is 3. The maximum atomic E-state index is 11.4. The van der Waals surface area contributed by atoms with Crippen molar-refractivity contribution < 1.29 is 31.0 Å². The van der Waals surface area contributed by atoms with E-state index in [1.165, 1.54) is 11.1 Å². The molecule has 196 valence electrons. The van der Waals surface area contributed by atoms with Gasteiger partial charge in [-0.15, -0.1) is 0 Å². The highest BCUT2D eigenvalue weighted by atomic mass is 32.2. The Hall–Kier alpha value is -4.04. The Bertz CT molecular complexity index is 1700. The Balaban J connectivity index is 0.000000213. The number of phenolic OH excluding ortho intramolecular Hbond substituents is 1. The number of phenols is 1. The number of hydrogen-bond donors (Lipinski definition) is 7. The molecule has 0 aliphatic rings. The number of aromatic hydroxyl groups is 1. The van der Waals surface area contributed by atoms with E-state index in [9.17, 15) is 26.5 Å². The second-order valence-electron chi connectivity index (χ2n) is 8.31. The first-order valence-corrected chi connectivity index (χ1v) is 13.4. The van der Waals surface area contributed by atoms with Crippen molar-refractivity contribution in [2.75, 3.05) is 22.9 Å². The van der Waals surface area contributed by atoms with Crippen molar-refractivity contribution in [2.24, 2.45) is 0 Å². The monoisotopic (exact) mass is 546 g/mol. The number of anilines is 4. The van der Waals surface area contributed by atoms with Crippen LogP contribution in [0.3, 0.4) is 0 Å². The molecule has 0 amide bonds. The van der Waals surface area contributed by atoms with E-state index in [1.807, 2.05) is 38.1 Å². The summed E-state index contributed by atoms with van der Waals surface area (Å²) in [5.74, 6) is -0.666. The lowest BCUT2D eigenvalue weighted by Crippen LogP contribution is -2.08. The molecule has 11 nitrogen and oxygen atoms in total. The molecule has 13 heteroatoms. The summed E-state index contributed by atoms with van der Waals surface area (Å²) in [4.78, 5) is -1.81. The largest absolute Gasteiger partial charge is 0.505 e. The zero-order valence-corrected chi connectivity index (χ0v) is 21.4. The van der Waals surface area contributed by atoms with E-state index in [1.54, 1.807) is 0 Å². The Kier molecular flexibility index (Phi) is 7.28. The Morgan fingerprint density at radius 2 is 1.05 bits per heavy atom. The van der Waals surface area contributed by atoms with E-state index in [-0.39, 0.29) is 11.1 Å². The third kappa shape index (κ3) is 5.70. The van der Waals surface area contributed by atoms with Gasteiger partial charge in [0.05, 0.1) is 16.8 Å². The van der Waals surface area contributed by atoms with Crippen molar-refractivity contribution in [1.29, 1.82) is 0 Å². The fourth-order valence-corrected chi connectivity index (χ4v) is 5.06. The molecule has 4 aromatic rings.